The molecule has 3 fully saturated rings. The predicted octanol–water partition coefficient (Wildman–Crippen LogP) is 3.17. The number of aryl methyl sites for hydroxylation is 1. The minimum atomic E-state index is -3.10. The van der Waals surface area contributed by atoms with Gasteiger partial charge >= 0.3 is 0 Å². The maximum absolute atomic E-state index is 11.7. The zero-order valence-corrected chi connectivity index (χ0v) is 22.8. The molecule has 0 bridgehead atoms. The lowest BCUT2D eigenvalue weighted by Gasteiger charge is -2.33. The highest BCUT2D eigenvalue weighted by Gasteiger charge is 2.42. The van der Waals surface area contributed by atoms with Crippen LogP contribution in [0.15, 0.2) is 35.1 Å². The van der Waals surface area contributed by atoms with Gasteiger partial charge in [-0.2, -0.15) is 4.31 Å². The van der Waals surface area contributed by atoms with E-state index >= 15 is 0 Å². The van der Waals surface area contributed by atoms with Crippen LogP contribution in [-0.2, 0) is 23.0 Å². The average Bonchev–Trinajstić information content (AvgIpc) is 3.39. The molecule has 2 aliphatic heterocycles. The molecule has 1 saturated carbocycles. The number of aromatic nitrogens is 2. The van der Waals surface area contributed by atoms with Crippen LogP contribution < -0.4 is 9.64 Å². The Labute approximate surface area is 216 Å². The van der Waals surface area contributed by atoms with Crippen LogP contribution in [0.2, 0.25) is 0 Å². The summed E-state index contributed by atoms with van der Waals surface area (Å²) in [6, 6.07) is 6.32. The molecule has 0 amide bonds. The molecule has 5 rings (SSSR count). The van der Waals surface area contributed by atoms with Crippen LogP contribution in [0, 0.1) is 11.8 Å². The van der Waals surface area contributed by atoms with E-state index in [0.29, 0.717) is 24.9 Å². The molecule has 1 aliphatic carbocycles. The Hall–Kier alpha value is -1.75. The maximum Gasteiger partial charge on any atom is 0.225 e. The third kappa shape index (κ3) is 5.81. The van der Waals surface area contributed by atoms with E-state index in [4.69, 9.17) is 4.74 Å². The van der Waals surface area contributed by atoms with Gasteiger partial charge in [-0.1, -0.05) is 13.0 Å². The van der Waals surface area contributed by atoms with Gasteiger partial charge in [0.25, 0.3) is 0 Å². The Kier molecular flexibility index (Phi) is 7.35. The SMILES string of the molecule is CCc1cnc(N2C[C@H]3CC(Oc4ccc(CN5CCN(S(C)(=O)=O)CC5)cc4Br)C[C@H]3C2)nc1. The zero-order chi connectivity index (χ0) is 24.6. The first-order chi connectivity index (χ1) is 16.8. The van der Waals surface area contributed by atoms with Crippen molar-refractivity contribution in [3.05, 3.63) is 46.2 Å². The summed E-state index contributed by atoms with van der Waals surface area (Å²) in [7, 11) is -3.10. The van der Waals surface area contributed by atoms with E-state index < -0.39 is 10.0 Å². The molecule has 0 radical (unpaired) electrons. The number of fused-ring (bicyclic) bond motifs is 1. The standard InChI is InChI=1S/C25H34BrN5O3S/c1-3-18-13-27-25(28-14-18)30-16-20-11-22(12-21(20)17-30)34-24-5-4-19(10-23(24)26)15-29-6-8-31(9-7-29)35(2,32)33/h4-5,10,13-14,20-22H,3,6-9,11-12,15-17H2,1-2H3/t20-,21+,22?. The lowest BCUT2D eigenvalue weighted by atomic mass is 10.0. The summed E-state index contributed by atoms with van der Waals surface area (Å²) < 4.78 is 32.4. The highest BCUT2D eigenvalue weighted by atomic mass is 79.9. The largest absolute Gasteiger partial charge is 0.489 e. The first kappa shape index (κ1) is 24.9. The molecule has 190 valence electrons. The van der Waals surface area contributed by atoms with Crippen LogP contribution in [0.4, 0.5) is 5.95 Å². The van der Waals surface area contributed by atoms with Crippen molar-refractivity contribution in [2.45, 2.75) is 38.8 Å². The molecule has 10 heteroatoms. The summed E-state index contributed by atoms with van der Waals surface area (Å²) in [5, 5.41) is 0. The number of sulfonamides is 1. The van der Waals surface area contributed by atoms with Gasteiger partial charge in [0.05, 0.1) is 16.8 Å². The topological polar surface area (TPSA) is 78.9 Å². The maximum atomic E-state index is 11.7. The van der Waals surface area contributed by atoms with E-state index in [2.05, 4.69) is 60.8 Å². The summed E-state index contributed by atoms with van der Waals surface area (Å²) in [6.45, 7) is 7.54. The smallest absolute Gasteiger partial charge is 0.225 e. The fourth-order valence-corrected chi connectivity index (χ4v) is 6.94. The van der Waals surface area contributed by atoms with Gasteiger partial charge in [-0.05, 0) is 70.3 Å². The van der Waals surface area contributed by atoms with Gasteiger partial charge in [-0.3, -0.25) is 4.90 Å². The summed E-state index contributed by atoms with van der Waals surface area (Å²) in [5.74, 6) is 3.00. The van der Waals surface area contributed by atoms with Gasteiger partial charge in [-0.15, -0.1) is 0 Å². The van der Waals surface area contributed by atoms with Crippen LogP contribution in [0.25, 0.3) is 0 Å². The number of nitrogens with zero attached hydrogens (tertiary/aromatic N) is 5. The van der Waals surface area contributed by atoms with Crippen LogP contribution in [0.5, 0.6) is 5.75 Å². The lowest BCUT2D eigenvalue weighted by Crippen LogP contribution is -2.47. The lowest BCUT2D eigenvalue weighted by molar-refractivity contribution is 0.181. The number of anilines is 1. The monoisotopic (exact) mass is 563 g/mol. The van der Waals surface area contributed by atoms with E-state index in [9.17, 15) is 8.42 Å². The van der Waals surface area contributed by atoms with Gasteiger partial charge < -0.3 is 9.64 Å². The number of hydrogen-bond donors (Lipinski definition) is 0. The van der Waals surface area contributed by atoms with Crippen LogP contribution in [0.1, 0.15) is 30.9 Å². The Morgan fingerprint density at radius 3 is 2.26 bits per heavy atom. The molecular weight excluding hydrogens is 530 g/mol. The minimum absolute atomic E-state index is 0.238. The second-order valence-electron chi connectivity index (χ2n) is 10.1. The van der Waals surface area contributed by atoms with E-state index in [1.54, 1.807) is 4.31 Å². The van der Waals surface area contributed by atoms with E-state index in [0.717, 1.165) is 68.2 Å². The van der Waals surface area contributed by atoms with Crippen molar-refractivity contribution in [3.63, 3.8) is 0 Å². The van der Waals surface area contributed by atoms with E-state index in [1.165, 1.54) is 17.4 Å². The Morgan fingerprint density at radius 2 is 1.69 bits per heavy atom. The number of rotatable bonds is 7. The van der Waals surface area contributed by atoms with E-state index in [-0.39, 0.29) is 6.10 Å². The van der Waals surface area contributed by atoms with Gasteiger partial charge in [0, 0.05) is 58.2 Å². The summed E-state index contributed by atoms with van der Waals surface area (Å²) >= 11 is 3.71. The third-order valence-corrected chi connectivity index (χ3v) is 9.51. The van der Waals surface area contributed by atoms with Gasteiger partial charge in [0.2, 0.25) is 16.0 Å². The molecule has 1 unspecified atom stereocenters. The fraction of sp³-hybridized carbons (Fsp3) is 0.600. The molecule has 3 heterocycles. The van der Waals surface area contributed by atoms with Gasteiger partial charge in [-0.25, -0.2) is 18.4 Å². The fourth-order valence-electron chi connectivity index (χ4n) is 5.59. The van der Waals surface area contributed by atoms with Crippen LogP contribution in [-0.4, -0.2) is 79.2 Å². The predicted molar refractivity (Wildman–Crippen MR) is 140 cm³/mol. The Morgan fingerprint density at radius 1 is 1.03 bits per heavy atom. The summed E-state index contributed by atoms with van der Waals surface area (Å²) in [6.07, 6.45) is 8.49. The van der Waals surface area contributed by atoms with Gasteiger partial charge in [0.1, 0.15) is 5.75 Å². The van der Waals surface area contributed by atoms with Crippen molar-refractivity contribution in [2.24, 2.45) is 11.8 Å². The van der Waals surface area contributed by atoms with Crippen LogP contribution >= 0.6 is 15.9 Å². The molecule has 35 heavy (non-hydrogen) atoms. The molecule has 0 N–H and O–H groups in total. The summed E-state index contributed by atoms with van der Waals surface area (Å²) in [4.78, 5) is 13.8. The number of ether oxygens (including phenoxy) is 1. The van der Waals surface area contributed by atoms with Crippen molar-refractivity contribution in [1.82, 2.24) is 19.2 Å². The number of benzene rings is 1. The molecule has 3 atom stereocenters. The van der Waals surface area contributed by atoms with E-state index in [1.807, 2.05) is 12.4 Å². The molecule has 2 aromatic rings. The molecule has 0 spiro atoms. The first-order valence-corrected chi connectivity index (χ1v) is 15.1. The second-order valence-corrected chi connectivity index (χ2v) is 12.9. The van der Waals surface area contributed by atoms with Crippen LogP contribution in [0.3, 0.4) is 0 Å². The number of piperazine rings is 1. The third-order valence-electron chi connectivity index (χ3n) is 7.59. The number of halogens is 1. The second kappa shape index (κ2) is 10.3. The normalized spacial score (nSPS) is 25.7. The average molecular weight is 565 g/mol. The number of hydrogen-bond acceptors (Lipinski definition) is 7. The molecule has 8 nitrogen and oxygen atoms in total. The molecular formula is C25H34BrN5O3S. The van der Waals surface area contributed by atoms with Crippen molar-refractivity contribution in [3.8, 4) is 5.75 Å². The summed E-state index contributed by atoms with van der Waals surface area (Å²) in [5.41, 5.74) is 2.37. The molecule has 3 aliphatic rings. The Balaban J connectivity index is 1.12. The molecule has 2 saturated heterocycles. The van der Waals surface area contributed by atoms with Gasteiger partial charge in [0.15, 0.2) is 0 Å². The highest BCUT2D eigenvalue weighted by Crippen LogP contribution is 2.41. The van der Waals surface area contributed by atoms with Crippen molar-refractivity contribution >= 4 is 31.9 Å². The molecule has 1 aromatic heterocycles. The minimum Gasteiger partial charge on any atom is -0.489 e. The highest BCUT2D eigenvalue weighted by molar-refractivity contribution is 9.10. The Bertz CT molecular complexity index is 1120. The molecule has 1 aromatic carbocycles. The zero-order valence-electron chi connectivity index (χ0n) is 20.4. The van der Waals surface area contributed by atoms with Crippen molar-refractivity contribution in [1.29, 1.82) is 0 Å². The van der Waals surface area contributed by atoms with Crippen molar-refractivity contribution < 1.29 is 13.2 Å². The first-order valence-electron chi connectivity index (χ1n) is 12.5. The van der Waals surface area contributed by atoms with Crippen molar-refractivity contribution in [2.75, 3.05) is 50.4 Å². The quantitative estimate of drug-likeness (QED) is 0.511.